The number of anilines is 1. The molecule has 0 saturated carbocycles. The standard InChI is InChI=1S/C22H24FN3O2/c1-15-19-4-2-3-5-20(19)28-21(15)14-24-22(27)26-12-10-18(11-13-26)25-17-8-6-16(23)7-9-17/h2-9,18,25H,10-14H2,1H3,(H,24,27). The third-order valence-corrected chi connectivity index (χ3v) is 5.34. The normalized spacial score (nSPS) is 15.0. The summed E-state index contributed by atoms with van der Waals surface area (Å²) in [6, 6.07) is 14.5. The maximum Gasteiger partial charge on any atom is 0.317 e. The monoisotopic (exact) mass is 381 g/mol. The molecule has 0 bridgehead atoms. The SMILES string of the molecule is Cc1c(CNC(=O)N2CCC(Nc3ccc(F)cc3)CC2)oc2ccccc12. The van der Waals surface area contributed by atoms with Gasteiger partial charge in [0.05, 0.1) is 6.54 Å². The largest absolute Gasteiger partial charge is 0.459 e. The first-order chi connectivity index (χ1) is 13.6. The van der Waals surface area contributed by atoms with Crippen molar-refractivity contribution in [2.75, 3.05) is 18.4 Å². The summed E-state index contributed by atoms with van der Waals surface area (Å²) < 4.78 is 18.9. The van der Waals surface area contributed by atoms with E-state index in [1.165, 1.54) is 12.1 Å². The summed E-state index contributed by atoms with van der Waals surface area (Å²) in [5.74, 6) is 0.555. The van der Waals surface area contributed by atoms with Gasteiger partial charge in [0.25, 0.3) is 0 Å². The predicted octanol–water partition coefficient (Wildman–Crippen LogP) is 4.67. The van der Waals surface area contributed by atoms with Gasteiger partial charge in [-0.05, 0) is 50.1 Å². The van der Waals surface area contributed by atoms with Crippen LogP contribution < -0.4 is 10.6 Å². The topological polar surface area (TPSA) is 57.5 Å². The van der Waals surface area contributed by atoms with Crippen molar-refractivity contribution in [1.29, 1.82) is 0 Å². The second-order valence-electron chi connectivity index (χ2n) is 7.22. The van der Waals surface area contributed by atoms with E-state index in [0.717, 1.165) is 40.8 Å². The number of amides is 2. The molecule has 2 N–H and O–H groups in total. The number of rotatable bonds is 4. The number of hydrogen-bond acceptors (Lipinski definition) is 3. The Labute approximate surface area is 163 Å². The fourth-order valence-electron chi connectivity index (χ4n) is 3.67. The minimum atomic E-state index is -0.239. The number of halogens is 1. The summed E-state index contributed by atoms with van der Waals surface area (Å²) in [5.41, 5.74) is 2.82. The summed E-state index contributed by atoms with van der Waals surface area (Å²) in [5, 5.41) is 7.46. The van der Waals surface area contributed by atoms with Crippen molar-refractivity contribution < 1.29 is 13.6 Å². The summed E-state index contributed by atoms with van der Waals surface area (Å²) in [7, 11) is 0. The Morgan fingerprint density at radius 2 is 1.86 bits per heavy atom. The number of benzene rings is 2. The average molecular weight is 381 g/mol. The number of aryl methyl sites for hydroxylation is 1. The highest BCUT2D eigenvalue weighted by atomic mass is 19.1. The first kappa shape index (κ1) is 18.3. The molecular weight excluding hydrogens is 357 g/mol. The molecule has 0 atom stereocenters. The number of piperidine rings is 1. The molecule has 146 valence electrons. The fraction of sp³-hybridized carbons (Fsp3) is 0.318. The van der Waals surface area contributed by atoms with Gasteiger partial charge >= 0.3 is 6.03 Å². The van der Waals surface area contributed by atoms with E-state index in [1.54, 1.807) is 12.1 Å². The molecule has 0 unspecified atom stereocenters. The quantitative estimate of drug-likeness (QED) is 0.691. The smallest absolute Gasteiger partial charge is 0.317 e. The molecule has 2 heterocycles. The van der Waals surface area contributed by atoms with Gasteiger partial charge < -0.3 is 20.0 Å². The summed E-state index contributed by atoms with van der Waals surface area (Å²) in [6.07, 6.45) is 1.71. The Bertz CT molecular complexity index is 960. The highest BCUT2D eigenvalue weighted by Crippen LogP contribution is 2.25. The Morgan fingerprint density at radius 3 is 2.57 bits per heavy atom. The minimum absolute atomic E-state index is 0.0694. The molecular formula is C22H24FN3O2. The van der Waals surface area contributed by atoms with E-state index in [4.69, 9.17) is 4.42 Å². The van der Waals surface area contributed by atoms with Gasteiger partial charge in [0.2, 0.25) is 0 Å². The molecule has 3 aromatic rings. The number of fused-ring (bicyclic) bond motifs is 1. The van der Waals surface area contributed by atoms with Crippen LogP contribution >= 0.6 is 0 Å². The van der Waals surface area contributed by atoms with Crippen LogP contribution in [-0.4, -0.2) is 30.1 Å². The van der Waals surface area contributed by atoms with E-state index in [0.29, 0.717) is 19.6 Å². The van der Waals surface area contributed by atoms with Crippen molar-refractivity contribution in [2.45, 2.75) is 32.4 Å². The number of likely N-dealkylation sites (tertiary alicyclic amines) is 1. The van der Waals surface area contributed by atoms with Crippen molar-refractivity contribution in [3.05, 3.63) is 65.7 Å². The molecule has 1 aliphatic heterocycles. The van der Waals surface area contributed by atoms with Gasteiger partial charge in [0, 0.05) is 35.8 Å². The first-order valence-corrected chi connectivity index (χ1v) is 9.62. The maximum absolute atomic E-state index is 13.0. The Balaban J connectivity index is 1.28. The zero-order valence-corrected chi connectivity index (χ0v) is 15.9. The summed E-state index contributed by atoms with van der Waals surface area (Å²) >= 11 is 0. The van der Waals surface area contributed by atoms with E-state index >= 15 is 0 Å². The second-order valence-corrected chi connectivity index (χ2v) is 7.22. The molecule has 2 aromatic carbocycles. The zero-order valence-electron chi connectivity index (χ0n) is 15.9. The Hall–Kier alpha value is -3.02. The lowest BCUT2D eigenvalue weighted by atomic mass is 10.0. The van der Waals surface area contributed by atoms with Crippen LogP contribution in [0.1, 0.15) is 24.2 Å². The van der Waals surface area contributed by atoms with Crippen LogP contribution in [0.25, 0.3) is 11.0 Å². The van der Waals surface area contributed by atoms with Crippen LogP contribution in [0.5, 0.6) is 0 Å². The summed E-state index contributed by atoms with van der Waals surface area (Å²) in [6.45, 7) is 3.76. The molecule has 1 aliphatic rings. The number of carbonyl (C=O) groups is 1. The molecule has 0 aliphatic carbocycles. The number of nitrogens with one attached hydrogen (secondary N) is 2. The maximum atomic E-state index is 13.0. The predicted molar refractivity (Wildman–Crippen MR) is 108 cm³/mol. The lowest BCUT2D eigenvalue weighted by molar-refractivity contribution is 0.182. The van der Waals surface area contributed by atoms with Crippen LogP contribution in [-0.2, 0) is 6.54 Å². The Kier molecular flexibility index (Phi) is 5.19. The molecule has 28 heavy (non-hydrogen) atoms. The van der Waals surface area contributed by atoms with E-state index < -0.39 is 0 Å². The van der Waals surface area contributed by atoms with Crippen molar-refractivity contribution in [3.8, 4) is 0 Å². The fourth-order valence-corrected chi connectivity index (χ4v) is 3.67. The van der Waals surface area contributed by atoms with Crippen LogP contribution in [0.2, 0.25) is 0 Å². The third-order valence-electron chi connectivity index (χ3n) is 5.34. The molecule has 0 radical (unpaired) electrons. The van der Waals surface area contributed by atoms with Gasteiger partial charge in [0.15, 0.2) is 0 Å². The molecule has 1 saturated heterocycles. The van der Waals surface area contributed by atoms with Crippen LogP contribution in [0.4, 0.5) is 14.9 Å². The molecule has 5 nitrogen and oxygen atoms in total. The highest BCUT2D eigenvalue weighted by molar-refractivity contribution is 5.82. The van der Waals surface area contributed by atoms with Crippen molar-refractivity contribution >= 4 is 22.7 Å². The number of carbonyl (C=O) groups excluding carboxylic acids is 1. The lowest BCUT2D eigenvalue weighted by Crippen LogP contribution is -2.46. The molecule has 1 aromatic heterocycles. The lowest BCUT2D eigenvalue weighted by Gasteiger charge is -2.32. The number of para-hydroxylation sites is 1. The van der Waals surface area contributed by atoms with E-state index in [-0.39, 0.29) is 17.9 Å². The molecule has 6 heteroatoms. The summed E-state index contributed by atoms with van der Waals surface area (Å²) in [4.78, 5) is 14.3. The third kappa shape index (κ3) is 3.96. The van der Waals surface area contributed by atoms with Crippen LogP contribution in [0.3, 0.4) is 0 Å². The van der Waals surface area contributed by atoms with E-state index in [2.05, 4.69) is 10.6 Å². The number of furan rings is 1. The zero-order chi connectivity index (χ0) is 19.5. The molecule has 1 fully saturated rings. The minimum Gasteiger partial charge on any atom is -0.459 e. The highest BCUT2D eigenvalue weighted by Gasteiger charge is 2.23. The second kappa shape index (κ2) is 7.92. The van der Waals surface area contributed by atoms with Gasteiger partial charge in [0.1, 0.15) is 17.2 Å². The van der Waals surface area contributed by atoms with Crippen LogP contribution in [0, 0.1) is 12.7 Å². The number of hydrogen-bond donors (Lipinski definition) is 2. The average Bonchev–Trinajstić information content (AvgIpc) is 3.04. The van der Waals surface area contributed by atoms with Gasteiger partial charge in [-0.25, -0.2) is 9.18 Å². The van der Waals surface area contributed by atoms with Crippen LogP contribution in [0.15, 0.2) is 52.9 Å². The first-order valence-electron chi connectivity index (χ1n) is 9.62. The van der Waals surface area contributed by atoms with Crippen molar-refractivity contribution in [2.24, 2.45) is 0 Å². The van der Waals surface area contributed by atoms with Gasteiger partial charge in [-0.15, -0.1) is 0 Å². The van der Waals surface area contributed by atoms with E-state index in [1.807, 2.05) is 36.1 Å². The van der Waals surface area contributed by atoms with Gasteiger partial charge in [-0.3, -0.25) is 0 Å². The van der Waals surface area contributed by atoms with Crippen molar-refractivity contribution in [1.82, 2.24) is 10.2 Å². The van der Waals surface area contributed by atoms with E-state index in [9.17, 15) is 9.18 Å². The number of nitrogens with zero attached hydrogens (tertiary/aromatic N) is 1. The Morgan fingerprint density at radius 1 is 1.14 bits per heavy atom. The van der Waals surface area contributed by atoms with Gasteiger partial charge in [-0.2, -0.15) is 0 Å². The number of urea groups is 1. The molecule has 2 amide bonds. The van der Waals surface area contributed by atoms with Gasteiger partial charge in [-0.1, -0.05) is 18.2 Å². The van der Waals surface area contributed by atoms with Crippen molar-refractivity contribution in [3.63, 3.8) is 0 Å². The molecule has 4 rings (SSSR count). The molecule has 0 spiro atoms.